The van der Waals surface area contributed by atoms with Crippen molar-refractivity contribution in [3.63, 3.8) is 0 Å². The van der Waals surface area contributed by atoms with E-state index in [4.69, 9.17) is 4.52 Å². The van der Waals surface area contributed by atoms with Crippen LogP contribution in [0.2, 0.25) is 0 Å². The summed E-state index contributed by atoms with van der Waals surface area (Å²) in [5.41, 5.74) is 1.63. The van der Waals surface area contributed by atoms with Crippen molar-refractivity contribution < 1.29 is 17.7 Å². The summed E-state index contributed by atoms with van der Waals surface area (Å²) in [7, 11) is -3.43. The molecule has 1 aromatic carbocycles. The summed E-state index contributed by atoms with van der Waals surface area (Å²) < 4.78 is 30.7. The van der Waals surface area contributed by atoms with Gasteiger partial charge in [-0.25, -0.2) is 8.42 Å². The van der Waals surface area contributed by atoms with Crippen molar-refractivity contribution in [3.8, 4) is 10.7 Å². The van der Waals surface area contributed by atoms with Crippen molar-refractivity contribution in [1.29, 1.82) is 0 Å². The Bertz CT molecular complexity index is 1040. The van der Waals surface area contributed by atoms with Gasteiger partial charge in [-0.1, -0.05) is 28.9 Å². The molecule has 0 aliphatic carbocycles. The summed E-state index contributed by atoms with van der Waals surface area (Å²) in [5, 5.41) is 8.53. The molecule has 0 atom stereocenters. The molecule has 154 valence electrons. The topological polar surface area (TPSA) is 105 Å². The minimum atomic E-state index is -3.43. The molecule has 3 aromatic rings. The van der Waals surface area contributed by atoms with Crippen LogP contribution in [0.25, 0.3) is 10.7 Å². The van der Waals surface area contributed by atoms with Crippen molar-refractivity contribution in [1.82, 2.24) is 15.5 Å². The SMILES string of the molecule is Cc1ccc(N(CCCC(=O)NCc2nc(-c3cccs3)no2)S(C)(=O)=O)cc1. The smallest absolute Gasteiger partial charge is 0.246 e. The molecule has 2 aromatic heterocycles. The van der Waals surface area contributed by atoms with Gasteiger partial charge in [-0.15, -0.1) is 11.3 Å². The third-order valence-electron chi connectivity index (χ3n) is 4.13. The zero-order valence-corrected chi connectivity index (χ0v) is 17.8. The summed E-state index contributed by atoms with van der Waals surface area (Å²) in [6.07, 6.45) is 1.73. The van der Waals surface area contributed by atoms with E-state index in [0.717, 1.165) is 16.7 Å². The third-order valence-corrected chi connectivity index (χ3v) is 6.19. The van der Waals surface area contributed by atoms with Crippen LogP contribution in [-0.2, 0) is 21.4 Å². The maximum Gasteiger partial charge on any atom is 0.246 e. The molecule has 2 heterocycles. The number of carbonyl (C=O) groups excluding carboxylic acids is 1. The minimum absolute atomic E-state index is 0.130. The molecular formula is C19H22N4O4S2. The van der Waals surface area contributed by atoms with E-state index in [-0.39, 0.29) is 25.4 Å². The molecule has 10 heteroatoms. The lowest BCUT2D eigenvalue weighted by molar-refractivity contribution is -0.121. The number of aromatic nitrogens is 2. The number of nitrogens with one attached hydrogen (secondary N) is 1. The van der Waals surface area contributed by atoms with Gasteiger partial charge in [0.15, 0.2) is 0 Å². The van der Waals surface area contributed by atoms with Crippen LogP contribution < -0.4 is 9.62 Å². The molecule has 0 aliphatic rings. The first-order valence-corrected chi connectivity index (χ1v) is 11.7. The van der Waals surface area contributed by atoms with E-state index >= 15 is 0 Å². The summed E-state index contributed by atoms with van der Waals surface area (Å²) >= 11 is 1.50. The van der Waals surface area contributed by atoms with E-state index in [1.165, 1.54) is 15.6 Å². The number of sulfonamides is 1. The Morgan fingerprint density at radius 3 is 2.66 bits per heavy atom. The second-order valence-corrected chi connectivity index (χ2v) is 9.39. The summed E-state index contributed by atoms with van der Waals surface area (Å²) in [6, 6.07) is 11.0. The van der Waals surface area contributed by atoms with Crippen LogP contribution in [-0.4, -0.2) is 37.3 Å². The van der Waals surface area contributed by atoms with Crippen molar-refractivity contribution in [2.45, 2.75) is 26.3 Å². The molecule has 0 unspecified atom stereocenters. The molecule has 0 radical (unpaired) electrons. The van der Waals surface area contributed by atoms with Crippen molar-refractivity contribution in [2.24, 2.45) is 0 Å². The Hall–Kier alpha value is -2.72. The number of hydrogen-bond acceptors (Lipinski definition) is 7. The van der Waals surface area contributed by atoms with Crippen LogP contribution in [0.4, 0.5) is 5.69 Å². The highest BCUT2D eigenvalue weighted by Gasteiger charge is 2.17. The van der Waals surface area contributed by atoms with Crippen LogP contribution in [0.15, 0.2) is 46.3 Å². The molecule has 0 aliphatic heterocycles. The number of carbonyl (C=O) groups is 1. The zero-order valence-electron chi connectivity index (χ0n) is 16.2. The molecule has 0 spiro atoms. The van der Waals surface area contributed by atoms with Crippen molar-refractivity contribution in [3.05, 3.63) is 53.2 Å². The average Bonchev–Trinajstić information content (AvgIpc) is 3.35. The lowest BCUT2D eigenvalue weighted by Gasteiger charge is -2.22. The molecule has 1 N–H and O–H groups in total. The molecule has 29 heavy (non-hydrogen) atoms. The first kappa shape index (κ1) is 21.0. The summed E-state index contributed by atoms with van der Waals surface area (Å²) in [4.78, 5) is 17.2. The van der Waals surface area contributed by atoms with Gasteiger partial charge in [0.05, 0.1) is 23.4 Å². The normalized spacial score (nSPS) is 11.4. The van der Waals surface area contributed by atoms with Gasteiger partial charge in [0.2, 0.25) is 27.6 Å². The summed E-state index contributed by atoms with van der Waals surface area (Å²) in [6.45, 7) is 2.29. The first-order chi connectivity index (χ1) is 13.8. The fraction of sp³-hybridized carbons (Fsp3) is 0.316. The molecule has 3 rings (SSSR count). The molecule has 0 saturated heterocycles. The van der Waals surface area contributed by atoms with Gasteiger partial charge in [0.25, 0.3) is 0 Å². The van der Waals surface area contributed by atoms with Crippen LogP contribution in [0, 0.1) is 6.92 Å². The standard InChI is InChI=1S/C19H22N4O4S2/c1-14-7-9-15(10-8-14)23(29(2,25)26)11-3-6-17(24)20-13-18-21-19(22-27-18)16-5-4-12-28-16/h4-5,7-10,12H,3,6,11,13H2,1-2H3,(H,20,24). The number of hydrogen-bond donors (Lipinski definition) is 1. The second-order valence-electron chi connectivity index (χ2n) is 6.54. The number of thiophene rings is 1. The Labute approximate surface area is 173 Å². The van der Waals surface area contributed by atoms with E-state index in [1.54, 1.807) is 12.1 Å². The molecule has 0 bridgehead atoms. The highest BCUT2D eigenvalue weighted by molar-refractivity contribution is 7.92. The van der Waals surface area contributed by atoms with Gasteiger partial charge in [0.1, 0.15) is 0 Å². The van der Waals surface area contributed by atoms with E-state index in [9.17, 15) is 13.2 Å². The van der Waals surface area contributed by atoms with Gasteiger partial charge in [0, 0.05) is 13.0 Å². The number of anilines is 1. The van der Waals surface area contributed by atoms with Crippen LogP contribution in [0.5, 0.6) is 0 Å². The van der Waals surface area contributed by atoms with Gasteiger partial charge >= 0.3 is 0 Å². The van der Waals surface area contributed by atoms with Gasteiger partial charge in [-0.05, 0) is 36.9 Å². The fourth-order valence-electron chi connectivity index (χ4n) is 2.68. The van der Waals surface area contributed by atoms with Gasteiger partial charge < -0.3 is 9.84 Å². The second kappa shape index (κ2) is 9.19. The minimum Gasteiger partial charge on any atom is -0.347 e. The molecule has 1 amide bonds. The Morgan fingerprint density at radius 1 is 1.24 bits per heavy atom. The molecule has 0 fully saturated rings. The van der Waals surface area contributed by atoms with Gasteiger partial charge in [-0.3, -0.25) is 9.10 Å². The van der Waals surface area contributed by atoms with Crippen molar-refractivity contribution >= 4 is 33.0 Å². The lowest BCUT2D eigenvalue weighted by Crippen LogP contribution is -2.32. The highest BCUT2D eigenvalue weighted by atomic mass is 32.2. The van der Waals surface area contributed by atoms with E-state index in [1.807, 2.05) is 36.6 Å². The number of benzene rings is 1. The number of rotatable bonds is 9. The predicted octanol–water partition coefficient (Wildman–Crippen LogP) is 2.97. The van der Waals surface area contributed by atoms with Crippen LogP contribution in [0.3, 0.4) is 0 Å². The zero-order chi connectivity index (χ0) is 20.9. The monoisotopic (exact) mass is 434 g/mol. The van der Waals surface area contributed by atoms with E-state index in [0.29, 0.717) is 23.8 Å². The van der Waals surface area contributed by atoms with Crippen LogP contribution >= 0.6 is 11.3 Å². The number of amides is 1. The highest BCUT2D eigenvalue weighted by Crippen LogP contribution is 2.21. The van der Waals surface area contributed by atoms with Gasteiger partial charge in [-0.2, -0.15) is 4.98 Å². The molecule has 0 saturated carbocycles. The molecular weight excluding hydrogens is 412 g/mol. The van der Waals surface area contributed by atoms with E-state index < -0.39 is 10.0 Å². The fourth-order valence-corrected chi connectivity index (χ4v) is 4.29. The molecule has 8 nitrogen and oxygen atoms in total. The Balaban J connectivity index is 1.49. The average molecular weight is 435 g/mol. The first-order valence-electron chi connectivity index (χ1n) is 9.00. The maximum atomic E-state index is 12.1. The van der Waals surface area contributed by atoms with E-state index in [2.05, 4.69) is 15.5 Å². The largest absolute Gasteiger partial charge is 0.347 e. The maximum absolute atomic E-state index is 12.1. The Morgan fingerprint density at radius 2 is 2.00 bits per heavy atom. The number of aryl methyl sites for hydroxylation is 1. The third kappa shape index (κ3) is 5.88. The lowest BCUT2D eigenvalue weighted by atomic mass is 10.2. The quantitative estimate of drug-likeness (QED) is 0.555. The summed E-state index contributed by atoms with van der Waals surface area (Å²) in [5.74, 6) is 0.600. The number of nitrogens with zero attached hydrogens (tertiary/aromatic N) is 3. The predicted molar refractivity (Wildman–Crippen MR) is 112 cm³/mol. The van der Waals surface area contributed by atoms with Crippen LogP contribution in [0.1, 0.15) is 24.3 Å². The Kier molecular flexibility index (Phi) is 6.65. The van der Waals surface area contributed by atoms with Crippen molar-refractivity contribution in [2.75, 3.05) is 17.1 Å².